The van der Waals surface area contributed by atoms with Crippen LogP contribution in [0.25, 0.3) is 272 Å². The molecule has 19 aromatic carbocycles. The van der Waals surface area contributed by atoms with Gasteiger partial charge in [-0.15, -0.1) is 0 Å². The summed E-state index contributed by atoms with van der Waals surface area (Å²) in [5.41, 5.74) is 32.8. The van der Waals surface area contributed by atoms with Gasteiger partial charge < -0.3 is 22.4 Å². The highest BCUT2D eigenvalue weighted by Gasteiger charge is 2.27. The summed E-state index contributed by atoms with van der Waals surface area (Å²) in [5, 5.41) is 11.3. The van der Waals surface area contributed by atoms with Crippen LogP contribution in [0.2, 0.25) is 0 Å². The molecule has 0 aliphatic heterocycles. The SMILES string of the molecule is c1ccc2c(c1)nc1n(-c3ccc4c(c3)c3ccccc3n4-c3ccc4oc5ccccc5c4c3)c3nc4ccccc4n3c3ccccc3n21.c1ccc2c(c1)nc1n(-c3ccc4c(c3)oc3ccccc34)c3nc4ccccc4n3c3ccccc3n21.c1ccc2c(c1)nc1n(-c3ccc4oc5ccc(-n6c7ccccc7c7ccccc76)cc5c4c3)c3nc4ccccc4n3c3ccccc3n21. The second-order valence-electron chi connectivity index (χ2n) is 35.8. The molecule has 0 aliphatic rings. The van der Waals surface area contributed by atoms with E-state index in [1.807, 2.05) is 66.7 Å². The van der Waals surface area contributed by atoms with Crippen LogP contribution in [0.5, 0.6) is 0 Å². The van der Waals surface area contributed by atoms with E-state index in [0.29, 0.717) is 0 Å². The summed E-state index contributed by atoms with van der Waals surface area (Å²) in [6.45, 7) is 0. The van der Waals surface area contributed by atoms with Gasteiger partial charge in [0.1, 0.15) is 33.5 Å². The van der Waals surface area contributed by atoms with Crippen molar-refractivity contribution >= 4 is 243 Å². The van der Waals surface area contributed by atoms with Crippen LogP contribution in [0.1, 0.15) is 0 Å². The number of hydrogen-bond acceptors (Lipinski definition) is 9. The van der Waals surface area contributed by atoms with Crippen molar-refractivity contribution in [1.82, 2.24) is 79.1 Å². The lowest BCUT2D eigenvalue weighted by Crippen LogP contribution is -2.02. The number of hydrogen-bond donors (Lipinski definition) is 0. The van der Waals surface area contributed by atoms with Crippen LogP contribution >= 0.6 is 0 Å². The van der Waals surface area contributed by atoms with Gasteiger partial charge in [0.2, 0.25) is 34.7 Å². The van der Waals surface area contributed by atoms with E-state index in [4.69, 9.17) is 43.2 Å². The number of nitrogens with zero attached hydrogens (tertiary/aromatic N) is 17. The van der Waals surface area contributed by atoms with Crippen molar-refractivity contribution < 1.29 is 13.3 Å². The lowest BCUT2D eigenvalue weighted by Gasteiger charge is -2.10. The molecule has 33 aromatic rings. The zero-order valence-electron chi connectivity index (χ0n) is 74.3. The summed E-state index contributed by atoms with van der Waals surface area (Å²) in [5.74, 6) is 4.69. The molecule has 140 heavy (non-hydrogen) atoms. The molecule has 0 saturated heterocycles. The van der Waals surface area contributed by atoms with E-state index in [1.54, 1.807) is 0 Å². The maximum atomic E-state index is 6.48. The smallest absolute Gasteiger partial charge is 0.223 e. The maximum absolute atomic E-state index is 6.48. The summed E-state index contributed by atoms with van der Waals surface area (Å²) in [7, 11) is 0. The van der Waals surface area contributed by atoms with E-state index in [1.165, 1.54) is 27.2 Å². The van der Waals surface area contributed by atoms with Gasteiger partial charge in [0.25, 0.3) is 0 Å². The first kappa shape index (κ1) is 75.9. The van der Waals surface area contributed by atoms with Crippen molar-refractivity contribution in [3.8, 4) is 28.4 Å². The van der Waals surface area contributed by atoms with Crippen molar-refractivity contribution in [2.75, 3.05) is 0 Å². The number of imidazole rings is 6. The Bertz CT molecular complexity index is 10900. The van der Waals surface area contributed by atoms with Gasteiger partial charge in [0.15, 0.2) is 0 Å². The van der Waals surface area contributed by atoms with Crippen LogP contribution < -0.4 is 0 Å². The Labute approximate surface area is 789 Å². The van der Waals surface area contributed by atoms with Crippen molar-refractivity contribution in [2.24, 2.45) is 0 Å². The predicted octanol–water partition coefficient (Wildman–Crippen LogP) is 29.3. The second kappa shape index (κ2) is 29.0. The first-order valence-corrected chi connectivity index (χ1v) is 46.8. The van der Waals surface area contributed by atoms with Crippen LogP contribution in [-0.4, -0.2) is 79.1 Å². The van der Waals surface area contributed by atoms with E-state index in [9.17, 15) is 0 Å². The first-order chi connectivity index (χ1) is 69.4. The van der Waals surface area contributed by atoms with Crippen molar-refractivity contribution in [3.05, 3.63) is 431 Å². The highest BCUT2D eigenvalue weighted by Crippen LogP contribution is 2.44. The fourth-order valence-corrected chi connectivity index (χ4v) is 22.2. The molecule has 0 spiro atoms. The Morgan fingerprint density at radius 1 is 0.129 bits per heavy atom. The average Bonchev–Trinajstić information content (AvgIpc) is 1.56. The highest BCUT2D eigenvalue weighted by atomic mass is 16.3. The average molecular weight is 1800 g/mol. The predicted molar refractivity (Wildman–Crippen MR) is 564 cm³/mol. The van der Waals surface area contributed by atoms with Gasteiger partial charge in [-0.25, -0.2) is 43.6 Å². The standard InChI is InChI=1S/2C44H26N6O.C32H19N5O/c1-5-15-35-29(11-1)31-25-28(21-23-36(31)47(35)27-22-24-42-32(26-27)30-12-2-10-20-41(30)51-42)48-43-45-33-13-3-6-16-37(33)49(43)39-18-8-9-19-40(39)50-38-17-7-4-14-34(38)46-44(48)50;1-5-15-35-29(11-1)30-12-2-6-16-36(30)47(35)27-21-23-41-31(25-27)32-26-28(22-24-42(32)51-41)48-43-45-33-13-3-7-17-37(33)49(43)39-19-9-10-20-40(39)50-38-18-8-4-14-34(38)46-44(48)50;1-8-16-29-21(9-1)22-18-17-20(19-30(22)38-29)35-31-33-23-10-2-4-12-25(23)36(31)27-14-6-7-15-28(27)37-26-13-5-3-11-24(26)34-32(35)37/h2*1-26H;1-19H. The fraction of sp³-hybridized carbons (Fsp3) is 0. The van der Waals surface area contributed by atoms with E-state index in [0.717, 1.165) is 245 Å². The third-order valence-corrected chi connectivity index (χ3v) is 28.2. The highest BCUT2D eigenvalue weighted by molar-refractivity contribution is 6.14. The minimum atomic E-state index is 0.774. The largest absolute Gasteiger partial charge is 0.456 e. The number of aromatic nitrogens is 17. The first-order valence-electron chi connectivity index (χ1n) is 46.8. The van der Waals surface area contributed by atoms with Gasteiger partial charge in [0.05, 0.1) is 138 Å². The Balaban J connectivity index is 0.0000000980. The summed E-state index contributed by atoms with van der Waals surface area (Å²) in [4.78, 5) is 31.5. The lowest BCUT2D eigenvalue weighted by atomic mass is 10.1. The quantitative estimate of drug-likeness (QED) is 0.163. The normalized spacial score (nSPS) is 12.3. The Morgan fingerprint density at radius 3 is 0.657 bits per heavy atom. The molecule has 20 heteroatoms. The number of furan rings is 3. The van der Waals surface area contributed by atoms with Gasteiger partial charge in [-0.1, -0.05) is 200 Å². The van der Waals surface area contributed by atoms with Gasteiger partial charge >= 0.3 is 0 Å². The molecule has 0 fully saturated rings. The van der Waals surface area contributed by atoms with Crippen molar-refractivity contribution in [2.45, 2.75) is 0 Å². The zero-order valence-corrected chi connectivity index (χ0v) is 74.3. The Kier molecular flexibility index (Phi) is 15.7. The molecule has 0 aliphatic carbocycles. The summed E-state index contributed by atoms with van der Waals surface area (Å²) < 4.78 is 43.7. The summed E-state index contributed by atoms with van der Waals surface area (Å²) in [6.07, 6.45) is 0. The van der Waals surface area contributed by atoms with Crippen LogP contribution in [-0.2, 0) is 0 Å². The molecule has 654 valence electrons. The zero-order chi connectivity index (χ0) is 91.2. The van der Waals surface area contributed by atoms with Crippen molar-refractivity contribution in [1.29, 1.82) is 0 Å². The molecule has 0 amide bonds. The van der Waals surface area contributed by atoms with Gasteiger partial charge in [-0.2, -0.15) is 0 Å². The summed E-state index contributed by atoms with van der Waals surface area (Å²) in [6, 6.07) is 150. The number of para-hydroxylation sites is 23. The molecule has 0 radical (unpaired) electrons. The maximum Gasteiger partial charge on any atom is 0.223 e. The molecular weight excluding hydrogens is 1730 g/mol. The molecule has 0 saturated carbocycles. The molecule has 14 heterocycles. The van der Waals surface area contributed by atoms with E-state index >= 15 is 0 Å². The molecular formula is C120H71N17O3. The van der Waals surface area contributed by atoms with E-state index in [-0.39, 0.29) is 0 Å². The Hall–Kier alpha value is -19.6. The van der Waals surface area contributed by atoms with Gasteiger partial charge in [-0.05, 0) is 224 Å². The topological polar surface area (TPSA) is 168 Å². The third-order valence-electron chi connectivity index (χ3n) is 28.2. The van der Waals surface area contributed by atoms with Crippen LogP contribution in [0, 0.1) is 0 Å². The molecule has 0 unspecified atom stereocenters. The van der Waals surface area contributed by atoms with E-state index < -0.39 is 0 Å². The molecule has 33 rings (SSSR count). The lowest BCUT2D eigenvalue weighted by molar-refractivity contribution is 0.668. The van der Waals surface area contributed by atoms with Gasteiger partial charge in [-0.3, -0.25) is 26.4 Å². The molecule has 20 nitrogen and oxygen atoms in total. The number of benzene rings is 19. The minimum Gasteiger partial charge on any atom is -0.456 e. The Morgan fingerprint density at radius 2 is 0.329 bits per heavy atom. The minimum absolute atomic E-state index is 0.774. The molecule has 0 bridgehead atoms. The van der Waals surface area contributed by atoms with Crippen LogP contribution in [0.15, 0.2) is 444 Å². The molecule has 14 aromatic heterocycles. The second-order valence-corrected chi connectivity index (χ2v) is 35.8. The third kappa shape index (κ3) is 10.9. The summed E-state index contributed by atoms with van der Waals surface area (Å²) >= 11 is 0. The van der Waals surface area contributed by atoms with Gasteiger partial charge in [0, 0.05) is 71.3 Å². The van der Waals surface area contributed by atoms with Crippen LogP contribution in [0.3, 0.4) is 0 Å². The van der Waals surface area contributed by atoms with Crippen molar-refractivity contribution in [3.63, 3.8) is 0 Å². The molecule has 0 atom stereocenters. The van der Waals surface area contributed by atoms with Crippen LogP contribution in [0.4, 0.5) is 0 Å². The number of fused-ring (bicyclic) bond motifs is 42. The fourth-order valence-electron chi connectivity index (χ4n) is 22.2. The monoisotopic (exact) mass is 1800 g/mol. The molecule has 0 N–H and O–H groups in total. The number of rotatable bonds is 5. The van der Waals surface area contributed by atoms with E-state index in [2.05, 4.69) is 413 Å².